The number of carbonyl (C=O) groups is 1. The van der Waals surface area contributed by atoms with Gasteiger partial charge in [0.2, 0.25) is 0 Å². The van der Waals surface area contributed by atoms with Crippen LogP contribution in [0.5, 0.6) is 11.5 Å². The van der Waals surface area contributed by atoms with Crippen molar-refractivity contribution in [1.29, 1.82) is 0 Å². The maximum Gasteiger partial charge on any atom is 0.405 e. The van der Waals surface area contributed by atoms with E-state index in [0.29, 0.717) is 23.1 Å². The SMILES string of the molecule is CC(C)Oc1ccc(-c2ccc3c(c2)OCC(C)(C)C3OC(N)=O)cc1Cl. The number of fused-ring (bicyclic) bond motifs is 1. The van der Waals surface area contributed by atoms with Crippen LogP contribution in [0.2, 0.25) is 5.02 Å². The van der Waals surface area contributed by atoms with Gasteiger partial charge in [-0.3, -0.25) is 0 Å². The molecule has 144 valence electrons. The number of benzene rings is 2. The van der Waals surface area contributed by atoms with Gasteiger partial charge in [0.25, 0.3) is 0 Å². The monoisotopic (exact) mass is 389 g/mol. The van der Waals surface area contributed by atoms with Crippen LogP contribution in [0.1, 0.15) is 39.4 Å². The molecule has 1 aliphatic heterocycles. The van der Waals surface area contributed by atoms with Crippen LogP contribution >= 0.6 is 11.6 Å². The zero-order valence-electron chi connectivity index (χ0n) is 15.9. The van der Waals surface area contributed by atoms with Crippen LogP contribution in [-0.2, 0) is 4.74 Å². The Hall–Kier alpha value is -2.40. The van der Waals surface area contributed by atoms with Gasteiger partial charge in [0.1, 0.15) is 17.6 Å². The first-order chi connectivity index (χ1) is 12.7. The van der Waals surface area contributed by atoms with Gasteiger partial charge < -0.3 is 19.9 Å². The second kappa shape index (κ2) is 7.31. The number of ether oxygens (including phenoxy) is 3. The van der Waals surface area contributed by atoms with Gasteiger partial charge in [0.05, 0.1) is 17.7 Å². The number of carbonyl (C=O) groups excluding carboxylic acids is 1. The van der Waals surface area contributed by atoms with Crippen molar-refractivity contribution < 1.29 is 19.0 Å². The average Bonchev–Trinajstić information content (AvgIpc) is 2.58. The lowest BCUT2D eigenvalue weighted by atomic mass is 9.80. The van der Waals surface area contributed by atoms with Gasteiger partial charge in [0.15, 0.2) is 0 Å². The van der Waals surface area contributed by atoms with E-state index in [4.69, 9.17) is 31.5 Å². The molecular weight excluding hydrogens is 366 g/mol. The highest BCUT2D eigenvalue weighted by Gasteiger charge is 2.40. The molecule has 1 heterocycles. The molecule has 1 amide bonds. The summed E-state index contributed by atoms with van der Waals surface area (Å²) in [5, 5.41) is 0.552. The number of rotatable bonds is 4. The van der Waals surface area contributed by atoms with Gasteiger partial charge in [-0.25, -0.2) is 4.79 Å². The molecule has 3 rings (SSSR count). The van der Waals surface area contributed by atoms with Crippen LogP contribution in [0, 0.1) is 5.41 Å². The number of amides is 1. The van der Waals surface area contributed by atoms with E-state index in [0.717, 1.165) is 16.7 Å². The fraction of sp³-hybridized carbons (Fsp3) is 0.381. The molecule has 1 atom stereocenters. The van der Waals surface area contributed by atoms with Gasteiger partial charge in [-0.15, -0.1) is 0 Å². The quantitative estimate of drug-likeness (QED) is 0.765. The van der Waals surface area contributed by atoms with E-state index in [1.165, 1.54) is 0 Å². The summed E-state index contributed by atoms with van der Waals surface area (Å²) in [4.78, 5) is 11.3. The molecule has 6 heteroatoms. The number of hydrogen-bond acceptors (Lipinski definition) is 4. The maximum absolute atomic E-state index is 11.3. The molecule has 0 fully saturated rings. The van der Waals surface area contributed by atoms with E-state index >= 15 is 0 Å². The normalized spacial score (nSPS) is 17.8. The van der Waals surface area contributed by atoms with Crippen molar-refractivity contribution in [3.8, 4) is 22.6 Å². The Morgan fingerprint density at radius 2 is 1.89 bits per heavy atom. The first-order valence-electron chi connectivity index (χ1n) is 8.87. The lowest BCUT2D eigenvalue weighted by Gasteiger charge is -2.38. The van der Waals surface area contributed by atoms with Crippen LogP contribution in [0.15, 0.2) is 36.4 Å². The molecule has 0 saturated carbocycles. The Bertz CT molecular complexity index is 863. The third kappa shape index (κ3) is 4.14. The predicted octanol–water partition coefficient (Wildman–Crippen LogP) is 5.35. The topological polar surface area (TPSA) is 70.8 Å². The van der Waals surface area contributed by atoms with Crippen molar-refractivity contribution in [2.45, 2.75) is 39.9 Å². The molecule has 0 spiro atoms. The smallest absolute Gasteiger partial charge is 0.405 e. The molecule has 0 aromatic heterocycles. The molecular formula is C21H24ClNO4. The summed E-state index contributed by atoms with van der Waals surface area (Å²) < 4.78 is 17.0. The molecule has 2 aromatic carbocycles. The fourth-order valence-electron chi connectivity index (χ4n) is 3.19. The van der Waals surface area contributed by atoms with Crippen molar-refractivity contribution in [3.05, 3.63) is 47.0 Å². The maximum atomic E-state index is 11.3. The lowest BCUT2D eigenvalue weighted by molar-refractivity contribution is -0.0176. The van der Waals surface area contributed by atoms with Crippen LogP contribution < -0.4 is 15.2 Å². The van der Waals surface area contributed by atoms with Crippen LogP contribution in [-0.4, -0.2) is 18.8 Å². The molecule has 5 nitrogen and oxygen atoms in total. The van der Waals surface area contributed by atoms with Crippen molar-refractivity contribution in [3.63, 3.8) is 0 Å². The third-order valence-corrected chi connectivity index (χ3v) is 4.76. The summed E-state index contributed by atoms with van der Waals surface area (Å²) in [5.41, 5.74) is 7.58. The molecule has 0 bridgehead atoms. The Kier molecular flexibility index (Phi) is 5.24. The van der Waals surface area contributed by atoms with E-state index in [1.54, 1.807) is 0 Å². The molecule has 1 aliphatic rings. The van der Waals surface area contributed by atoms with Gasteiger partial charge in [-0.2, -0.15) is 0 Å². The highest BCUT2D eigenvalue weighted by atomic mass is 35.5. The number of halogens is 1. The van der Waals surface area contributed by atoms with E-state index in [9.17, 15) is 4.79 Å². The Labute approximate surface area is 164 Å². The minimum Gasteiger partial charge on any atom is -0.492 e. The number of primary amides is 1. The Morgan fingerprint density at radius 3 is 2.52 bits per heavy atom. The predicted molar refractivity (Wildman–Crippen MR) is 105 cm³/mol. The second-order valence-corrected chi connectivity index (χ2v) is 8.07. The van der Waals surface area contributed by atoms with Gasteiger partial charge in [0, 0.05) is 11.0 Å². The summed E-state index contributed by atoms with van der Waals surface area (Å²) in [6.45, 7) is 8.28. The fourth-order valence-corrected chi connectivity index (χ4v) is 3.41. The second-order valence-electron chi connectivity index (χ2n) is 7.66. The zero-order valence-corrected chi connectivity index (χ0v) is 16.7. The molecule has 2 aromatic rings. The summed E-state index contributed by atoms with van der Waals surface area (Å²) in [7, 11) is 0. The molecule has 27 heavy (non-hydrogen) atoms. The summed E-state index contributed by atoms with van der Waals surface area (Å²) >= 11 is 6.36. The van der Waals surface area contributed by atoms with Crippen molar-refractivity contribution >= 4 is 17.7 Å². The van der Waals surface area contributed by atoms with E-state index < -0.39 is 12.2 Å². The lowest BCUT2D eigenvalue weighted by Crippen LogP contribution is -2.37. The van der Waals surface area contributed by atoms with Crippen LogP contribution in [0.4, 0.5) is 4.79 Å². The van der Waals surface area contributed by atoms with E-state index in [-0.39, 0.29) is 11.5 Å². The highest BCUT2D eigenvalue weighted by molar-refractivity contribution is 6.32. The van der Waals surface area contributed by atoms with Crippen molar-refractivity contribution in [2.24, 2.45) is 11.1 Å². The minimum absolute atomic E-state index is 0.0519. The number of nitrogens with two attached hydrogens (primary N) is 1. The summed E-state index contributed by atoms with van der Waals surface area (Å²) in [6, 6.07) is 11.5. The van der Waals surface area contributed by atoms with Gasteiger partial charge in [-0.05, 0) is 43.2 Å². The van der Waals surface area contributed by atoms with Crippen molar-refractivity contribution in [1.82, 2.24) is 0 Å². The zero-order chi connectivity index (χ0) is 19.8. The first kappa shape index (κ1) is 19.4. The van der Waals surface area contributed by atoms with Gasteiger partial charge in [-0.1, -0.05) is 43.6 Å². The average molecular weight is 390 g/mol. The minimum atomic E-state index is -0.794. The molecule has 2 N–H and O–H groups in total. The van der Waals surface area contributed by atoms with Crippen LogP contribution in [0.3, 0.4) is 0 Å². The summed E-state index contributed by atoms with van der Waals surface area (Å²) in [5.74, 6) is 1.33. The molecule has 0 radical (unpaired) electrons. The molecule has 0 saturated heterocycles. The highest BCUT2D eigenvalue weighted by Crippen LogP contribution is 2.46. The van der Waals surface area contributed by atoms with E-state index in [1.807, 2.05) is 64.1 Å². The Balaban J connectivity index is 1.95. The van der Waals surface area contributed by atoms with Crippen LogP contribution in [0.25, 0.3) is 11.1 Å². The van der Waals surface area contributed by atoms with Crippen molar-refractivity contribution in [2.75, 3.05) is 6.61 Å². The number of hydrogen-bond donors (Lipinski definition) is 1. The molecule has 1 unspecified atom stereocenters. The third-order valence-electron chi connectivity index (χ3n) is 4.47. The summed E-state index contributed by atoms with van der Waals surface area (Å²) in [6.07, 6.45) is -1.20. The standard InChI is InChI=1S/C21H24ClNO4/c1-12(2)26-17-8-6-13(9-16(17)22)14-5-7-15-18(10-14)25-11-21(3,4)19(15)27-20(23)24/h5-10,12,19H,11H2,1-4H3,(H2,23,24). The van der Waals surface area contributed by atoms with Gasteiger partial charge >= 0.3 is 6.09 Å². The van der Waals surface area contributed by atoms with E-state index in [2.05, 4.69) is 0 Å². The Morgan fingerprint density at radius 1 is 1.22 bits per heavy atom. The molecule has 0 aliphatic carbocycles. The first-order valence-corrected chi connectivity index (χ1v) is 9.24. The largest absolute Gasteiger partial charge is 0.492 e.